The smallest absolute Gasteiger partial charge is 0.276 e. The largest absolute Gasteiger partial charge is 0.492 e. The number of para-hydroxylation sites is 1. The van der Waals surface area contributed by atoms with Gasteiger partial charge in [0.25, 0.3) is 11.5 Å². The highest BCUT2D eigenvalue weighted by Gasteiger charge is 2.13. The first-order valence-electron chi connectivity index (χ1n) is 10.1. The van der Waals surface area contributed by atoms with Crippen LogP contribution in [-0.4, -0.2) is 35.5 Å². The number of ether oxygens (including phenoxy) is 3. The Balaban J connectivity index is 1.68. The topological polar surface area (TPSA) is 91.7 Å². The maximum Gasteiger partial charge on any atom is 0.276 e. The molecule has 0 saturated carbocycles. The lowest BCUT2D eigenvalue weighted by molar-refractivity contribution is 0.101. The van der Waals surface area contributed by atoms with Crippen LogP contribution in [0.1, 0.15) is 24.3 Å². The van der Waals surface area contributed by atoms with Gasteiger partial charge in [-0.1, -0.05) is 18.2 Å². The highest BCUT2D eigenvalue weighted by Crippen LogP contribution is 2.30. The van der Waals surface area contributed by atoms with Gasteiger partial charge in [0.15, 0.2) is 11.5 Å². The zero-order chi connectivity index (χ0) is 22.1. The molecule has 0 aliphatic rings. The van der Waals surface area contributed by atoms with Crippen molar-refractivity contribution in [2.24, 2.45) is 0 Å². The van der Waals surface area contributed by atoms with Crippen LogP contribution >= 0.6 is 0 Å². The second kappa shape index (κ2) is 10.8. The number of anilines is 1. The summed E-state index contributed by atoms with van der Waals surface area (Å²) in [6.45, 7) is 5.19. The van der Waals surface area contributed by atoms with E-state index in [-0.39, 0.29) is 24.4 Å². The van der Waals surface area contributed by atoms with Crippen molar-refractivity contribution in [3.8, 4) is 17.2 Å². The molecule has 0 saturated heterocycles. The van der Waals surface area contributed by atoms with E-state index in [1.54, 1.807) is 18.2 Å². The molecule has 0 unspecified atom stereocenters. The van der Waals surface area contributed by atoms with Crippen LogP contribution in [0.15, 0.2) is 65.5 Å². The number of nitrogens with one attached hydrogen (secondary N) is 1. The average molecular weight is 423 g/mol. The molecule has 1 aromatic heterocycles. The van der Waals surface area contributed by atoms with Gasteiger partial charge in [0.05, 0.1) is 19.8 Å². The molecule has 0 aliphatic carbocycles. The number of benzene rings is 2. The van der Waals surface area contributed by atoms with Crippen LogP contribution in [0.25, 0.3) is 0 Å². The molecule has 0 radical (unpaired) electrons. The van der Waals surface area contributed by atoms with Crippen LogP contribution in [-0.2, 0) is 6.54 Å². The van der Waals surface area contributed by atoms with E-state index in [9.17, 15) is 9.59 Å². The zero-order valence-corrected chi connectivity index (χ0v) is 17.5. The first kappa shape index (κ1) is 21.9. The van der Waals surface area contributed by atoms with Gasteiger partial charge in [-0.3, -0.25) is 9.59 Å². The summed E-state index contributed by atoms with van der Waals surface area (Å²) in [5.41, 5.74) is 0.336. The number of aromatic nitrogens is 2. The van der Waals surface area contributed by atoms with Crippen LogP contribution in [0.2, 0.25) is 0 Å². The third kappa shape index (κ3) is 6.08. The number of hydrogen-bond acceptors (Lipinski definition) is 6. The number of amides is 1. The molecule has 1 heterocycles. The quantitative estimate of drug-likeness (QED) is 0.538. The average Bonchev–Trinajstić information content (AvgIpc) is 2.78. The van der Waals surface area contributed by atoms with Crippen molar-refractivity contribution in [2.75, 3.05) is 25.1 Å². The molecule has 3 aromatic rings. The molecule has 0 bridgehead atoms. The minimum absolute atomic E-state index is 0.117. The first-order chi connectivity index (χ1) is 15.1. The molecule has 0 aliphatic heterocycles. The summed E-state index contributed by atoms with van der Waals surface area (Å²) in [5, 5.41) is 6.93. The highest BCUT2D eigenvalue weighted by atomic mass is 16.5. The Morgan fingerprint density at radius 3 is 2.42 bits per heavy atom. The van der Waals surface area contributed by atoms with E-state index >= 15 is 0 Å². The fraction of sp³-hybridized carbons (Fsp3) is 0.261. The summed E-state index contributed by atoms with van der Waals surface area (Å²) in [6, 6.07) is 17.1. The van der Waals surface area contributed by atoms with E-state index in [2.05, 4.69) is 10.4 Å². The van der Waals surface area contributed by atoms with Crippen molar-refractivity contribution in [2.45, 2.75) is 20.4 Å². The summed E-state index contributed by atoms with van der Waals surface area (Å²) in [5.74, 6) is 1.40. The van der Waals surface area contributed by atoms with Crippen molar-refractivity contribution in [3.63, 3.8) is 0 Å². The van der Waals surface area contributed by atoms with Gasteiger partial charge in [-0.25, -0.2) is 4.68 Å². The van der Waals surface area contributed by atoms with Crippen molar-refractivity contribution in [1.29, 1.82) is 0 Å². The van der Waals surface area contributed by atoms with Crippen molar-refractivity contribution < 1.29 is 19.0 Å². The van der Waals surface area contributed by atoms with Crippen molar-refractivity contribution in [3.05, 3.63) is 76.7 Å². The molecular formula is C23H25N3O5. The van der Waals surface area contributed by atoms with Crippen molar-refractivity contribution >= 4 is 11.6 Å². The Kier molecular flexibility index (Phi) is 7.64. The normalized spacial score (nSPS) is 10.4. The summed E-state index contributed by atoms with van der Waals surface area (Å²) >= 11 is 0. The lowest BCUT2D eigenvalue weighted by Crippen LogP contribution is -2.28. The Labute approximate surface area is 180 Å². The van der Waals surface area contributed by atoms with Gasteiger partial charge >= 0.3 is 0 Å². The standard InChI is InChI=1S/C23H25N3O5/c1-3-29-20-12-10-17(16-21(20)30-4-2)24-23(28)19-11-13-22(27)26(25-19)14-15-31-18-8-6-5-7-9-18/h5-13,16H,3-4,14-15H2,1-2H3,(H,24,28). The second-order valence-corrected chi connectivity index (χ2v) is 6.42. The first-order valence-corrected chi connectivity index (χ1v) is 10.1. The van der Waals surface area contributed by atoms with E-state index < -0.39 is 5.91 Å². The minimum atomic E-state index is -0.440. The number of hydrogen-bond donors (Lipinski definition) is 1. The Morgan fingerprint density at radius 2 is 1.68 bits per heavy atom. The van der Waals surface area contributed by atoms with Crippen LogP contribution in [0, 0.1) is 0 Å². The maximum absolute atomic E-state index is 12.7. The Bertz CT molecular complexity index is 1070. The lowest BCUT2D eigenvalue weighted by atomic mass is 10.2. The van der Waals surface area contributed by atoms with E-state index in [0.29, 0.717) is 36.1 Å². The molecule has 8 heteroatoms. The third-order valence-corrected chi connectivity index (χ3v) is 4.22. The molecule has 0 fully saturated rings. The minimum Gasteiger partial charge on any atom is -0.492 e. The van der Waals surface area contributed by atoms with Crippen LogP contribution in [0.4, 0.5) is 5.69 Å². The number of rotatable bonds is 10. The van der Waals surface area contributed by atoms with E-state index in [0.717, 1.165) is 0 Å². The molecular weight excluding hydrogens is 398 g/mol. The molecule has 8 nitrogen and oxygen atoms in total. The van der Waals surface area contributed by atoms with Crippen LogP contribution in [0.5, 0.6) is 17.2 Å². The molecule has 0 atom stereocenters. The number of carbonyl (C=O) groups is 1. The Hall–Kier alpha value is -3.81. The van der Waals surface area contributed by atoms with Gasteiger partial charge in [-0.15, -0.1) is 0 Å². The van der Waals surface area contributed by atoms with Gasteiger partial charge in [0, 0.05) is 17.8 Å². The summed E-state index contributed by atoms with van der Waals surface area (Å²) in [4.78, 5) is 24.8. The van der Waals surface area contributed by atoms with Gasteiger partial charge in [0.1, 0.15) is 18.1 Å². The van der Waals surface area contributed by atoms with Gasteiger partial charge in [-0.05, 0) is 44.2 Å². The molecule has 162 valence electrons. The Morgan fingerprint density at radius 1 is 0.935 bits per heavy atom. The van der Waals surface area contributed by atoms with E-state index in [1.165, 1.54) is 16.8 Å². The molecule has 2 aromatic carbocycles. The molecule has 31 heavy (non-hydrogen) atoms. The van der Waals surface area contributed by atoms with E-state index in [1.807, 2.05) is 44.2 Å². The predicted molar refractivity (Wildman–Crippen MR) is 117 cm³/mol. The van der Waals surface area contributed by atoms with Crippen LogP contribution in [0.3, 0.4) is 0 Å². The monoisotopic (exact) mass is 423 g/mol. The summed E-state index contributed by atoms with van der Waals surface area (Å²) < 4.78 is 17.9. The third-order valence-electron chi connectivity index (χ3n) is 4.22. The number of carbonyl (C=O) groups excluding carboxylic acids is 1. The predicted octanol–water partition coefficient (Wildman–Crippen LogP) is 3.37. The van der Waals surface area contributed by atoms with Gasteiger partial charge < -0.3 is 19.5 Å². The molecule has 3 rings (SSSR count). The number of nitrogens with zero attached hydrogens (tertiary/aromatic N) is 2. The van der Waals surface area contributed by atoms with E-state index in [4.69, 9.17) is 14.2 Å². The maximum atomic E-state index is 12.7. The fourth-order valence-electron chi connectivity index (χ4n) is 2.82. The fourth-order valence-corrected chi connectivity index (χ4v) is 2.82. The molecule has 1 amide bonds. The summed E-state index contributed by atoms with van der Waals surface area (Å²) in [7, 11) is 0. The molecule has 0 spiro atoms. The van der Waals surface area contributed by atoms with Gasteiger partial charge in [0.2, 0.25) is 0 Å². The SMILES string of the molecule is CCOc1ccc(NC(=O)c2ccc(=O)n(CCOc3ccccc3)n2)cc1OCC. The lowest BCUT2D eigenvalue weighted by Gasteiger charge is -2.13. The molecule has 1 N–H and O–H groups in total. The van der Waals surface area contributed by atoms with Gasteiger partial charge in [-0.2, -0.15) is 5.10 Å². The highest BCUT2D eigenvalue weighted by molar-refractivity contribution is 6.02. The second-order valence-electron chi connectivity index (χ2n) is 6.42. The summed E-state index contributed by atoms with van der Waals surface area (Å²) in [6.07, 6.45) is 0. The van der Waals surface area contributed by atoms with Crippen LogP contribution < -0.4 is 25.1 Å². The zero-order valence-electron chi connectivity index (χ0n) is 17.5. The van der Waals surface area contributed by atoms with Crippen molar-refractivity contribution in [1.82, 2.24) is 9.78 Å².